The van der Waals surface area contributed by atoms with Gasteiger partial charge in [0.15, 0.2) is 11.5 Å². The lowest BCUT2D eigenvalue weighted by atomic mass is 10.1. The number of benzene rings is 4. The number of halogens is 1. The Hall–Kier alpha value is -4.03. The largest absolute Gasteiger partial charge is 0.494 e. The summed E-state index contributed by atoms with van der Waals surface area (Å²) in [5.41, 5.74) is 5.15. The fraction of sp³-hybridized carbons (Fsp3) is 0.200. The Bertz CT molecular complexity index is 1380. The van der Waals surface area contributed by atoms with Crippen molar-refractivity contribution in [3.8, 4) is 17.2 Å². The van der Waals surface area contributed by atoms with Crippen LogP contribution in [0.3, 0.4) is 0 Å². The topological polar surface area (TPSA) is 69.2 Å². The molecule has 4 aromatic rings. The van der Waals surface area contributed by atoms with Crippen LogP contribution in [0.4, 0.5) is 0 Å². The second-order valence-corrected chi connectivity index (χ2v) is 8.64. The fourth-order valence-corrected chi connectivity index (χ4v) is 4.18. The molecule has 0 aliphatic rings. The van der Waals surface area contributed by atoms with Gasteiger partial charge in [0.25, 0.3) is 0 Å². The van der Waals surface area contributed by atoms with Crippen LogP contribution in [0.5, 0.6) is 17.2 Å². The van der Waals surface area contributed by atoms with Gasteiger partial charge in [0.05, 0.1) is 30.9 Å². The summed E-state index contributed by atoms with van der Waals surface area (Å²) in [6, 6.07) is 25.2. The Morgan fingerprint density at radius 1 is 0.919 bits per heavy atom. The molecule has 7 heteroatoms. The van der Waals surface area contributed by atoms with Gasteiger partial charge in [-0.1, -0.05) is 66.2 Å². The number of hydrogen-bond acceptors (Lipinski definition) is 5. The first-order valence-corrected chi connectivity index (χ1v) is 12.5. The molecule has 0 fully saturated rings. The van der Waals surface area contributed by atoms with Gasteiger partial charge in [-0.15, -0.1) is 0 Å². The number of fused-ring (bicyclic) bond motifs is 1. The van der Waals surface area contributed by atoms with Gasteiger partial charge in [-0.3, -0.25) is 4.79 Å². The Morgan fingerprint density at radius 2 is 1.68 bits per heavy atom. The minimum Gasteiger partial charge on any atom is -0.494 e. The lowest BCUT2D eigenvalue weighted by molar-refractivity contribution is -0.120. The maximum absolute atomic E-state index is 12.3. The Kier molecular flexibility index (Phi) is 9.00. The van der Waals surface area contributed by atoms with Gasteiger partial charge in [0.2, 0.25) is 5.91 Å². The minimum atomic E-state index is -0.230. The van der Waals surface area contributed by atoms with Crippen LogP contribution >= 0.6 is 11.6 Å². The summed E-state index contributed by atoms with van der Waals surface area (Å²) >= 11 is 6.57. The summed E-state index contributed by atoms with van der Waals surface area (Å²) in [5, 5.41) is 6.75. The van der Waals surface area contributed by atoms with Gasteiger partial charge < -0.3 is 14.2 Å². The highest BCUT2D eigenvalue weighted by molar-refractivity contribution is 6.32. The molecule has 0 aromatic heterocycles. The van der Waals surface area contributed by atoms with Crippen molar-refractivity contribution < 1.29 is 19.0 Å². The molecule has 0 aliphatic heterocycles. The van der Waals surface area contributed by atoms with Crippen molar-refractivity contribution in [2.45, 2.75) is 26.9 Å². The molecule has 1 amide bonds. The molecule has 0 radical (unpaired) electrons. The minimum absolute atomic E-state index is 0.204. The Morgan fingerprint density at radius 3 is 2.46 bits per heavy atom. The molecule has 37 heavy (non-hydrogen) atoms. The van der Waals surface area contributed by atoms with E-state index in [1.165, 1.54) is 6.21 Å². The number of carbonyl (C=O) groups excluding carboxylic acids is 1. The third kappa shape index (κ3) is 7.02. The number of hydrogen-bond donors (Lipinski definition) is 1. The molecule has 1 N–H and O–H groups in total. The number of nitrogens with one attached hydrogen (secondary N) is 1. The monoisotopic (exact) mass is 516 g/mol. The molecule has 4 aromatic carbocycles. The van der Waals surface area contributed by atoms with Crippen molar-refractivity contribution in [3.63, 3.8) is 0 Å². The zero-order valence-electron chi connectivity index (χ0n) is 20.9. The summed E-state index contributed by atoms with van der Waals surface area (Å²) in [6.07, 6.45) is 1.73. The van der Waals surface area contributed by atoms with E-state index in [0.717, 1.165) is 27.6 Å². The van der Waals surface area contributed by atoms with Gasteiger partial charge in [0, 0.05) is 0 Å². The van der Waals surface area contributed by atoms with E-state index in [0.29, 0.717) is 41.9 Å². The van der Waals surface area contributed by atoms with Gasteiger partial charge in [-0.25, -0.2) is 5.43 Å². The number of nitrogens with zero attached hydrogens (tertiary/aromatic N) is 1. The Labute approximate surface area is 221 Å². The second kappa shape index (κ2) is 12.8. The van der Waals surface area contributed by atoms with Crippen molar-refractivity contribution in [2.24, 2.45) is 5.10 Å². The summed E-state index contributed by atoms with van der Waals surface area (Å²) in [4.78, 5) is 12.3. The molecular weight excluding hydrogens is 488 g/mol. The van der Waals surface area contributed by atoms with E-state index >= 15 is 0 Å². The van der Waals surface area contributed by atoms with E-state index in [1.807, 2.05) is 62.4 Å². The quantitative estimate of drug-likeness (QED) is 0.181. The molecule has 0 heterocycles. The lowest BCUT2D eigenvalue weighted by Gasteiger charge is -2.15. The first kappa shape index (κ1) is 26.0. The number of amides is 1. The normalized spacial score (nSPS) is 11.0. The molecule has 0 saturated carbocycles. The van der Waals surface area contributed by atoms with Gasteiger partial charge in [0.1, 0.15) is 12.4 Å². The maximum Gasteiger partial charge on any atom is 0.244 e. The molecule has 4 rings (SSSR count). The highest BCUT2D eigenvalue weighted by atomic mass is 35.5. The average molecular weight is 517 g/mol. The van der Waals surface area contributed by atoms with Crippen LogP contribution in [0.25, 0.3) is 10.8 Å². The smallest absolute Gasteiger partial charge is 0.244 e. The molecular formula is C30H29ClN2O4. The molecule has 0 bridgehead atoms. The molecule has 0 unspecified atom stereocenters. The lowest BCUT2D eigenvalue weighted by Crippen LogP contribution is -2.19. The van der Waals surface area contributed by atoms with Gasteiger partial charge >= 0.3 is 0 Å². The predicted octanol–water partition coefficient (Wildman–Crippen LogP) is 6.56. The number of hydrazone groups is 1. The number of ether oxygens (including phenoxy) is 3. The van der Waals surface area contributed by atoms with Crippen molar-refractivity contribution in [1.29, 1.82) is 0 Å². The first-order chi connectivity index (χ1) is 18.1. The van der Waals surface area contributed by atoms with Crippen LogP contribution < -0.4 is 19.6 Å². The first-order valence-electron chi connectivity index (χ1n) is 12.2. The number of rotatable bonds is 11. The molecule has 0 saturated heterocycles. The predicted molar refractivity (Wildman–Crippen MR) is 148 cm³/mol. The SMILES string of the molecule is CCOc1ccc(CC(=O)N/N=C\c2cc(Cl)c(OCc3cccc4ccccc34)c(OCC)c2)cc1. The van der Waals surface area contributed by atoms with Crippen LogP contribution in [0.1, 0.15) is 30.5 Å². The third-order valence-electron chi connectivity index (χ3n) is 5.59. The summed E-state index contributed by atoms with van der Waals surface area (Å²) in [6.45, 7) is 5.21. The summed E-state index contributed by atoms with van der Waals surface area (Å²) in [7, 11) is 0. The van der Waals surface area contributed by atoms with Crippen LogP contribution in [0, 0.1) is 0 Å². The average Bonchev–Trinajstić information content (AvgIpc) is 2.90. The van der Waals surface area contributed by atoms with E-state index in [-0.39, 0.29) is 12.3 Å². The van der Waals surface area contributed by atoms with Crippen molar-refractivity contribution in [2.75, 3.05) is 13.2 Å². The molecule has 6 nitrogen and oxygen atoms in total. The Balaban J connectivity index is 1.41. The number of carbonyl (C=O) groups is 1. The van der Waals surface area contributed by atoms with Crippen molar-refractivity contribution >= 4 is 34.5 Å². The fourth-order valence-electron chi connectivity index (χ4n) is 3.91. The molecule has 0 spiro atoms. The molecule has 0 atom stereocenters. The van der Waals surface area contributed by atoms with E-state index < -0.39 is 0 Å². The van der Waals surface area contributed by atoms with E-state index in [9.17, 15) is 4.79 Å². The molecule has 0 aliphatic carbocycles. The van der Waals surface area contributed by atoms with E-state index in [2.05, 4.69) is 28.7 Å². The van der Waals surface area contributed by atoms with Crippen LogP contribution in [-0.4, -0.2) is 25.3 Å². The zero-order chi connectivity index (χ0) is 26.0. The van der Waals surface area contributed by atoms with Gasteiger partial charge in [-0.05, 0) is 65.6 Å². The highest BCUT2D eigenvalue weighted by Gasteiger charge is 2.13. The van der Waals surface area contributed by atoms with Crippen LogP contribution in [0.2, 0.25) is 5.02 Å². The van der Waals surface area contributed by atoms with Crippen LogP contribution in [0.15, 0.2) is 84.0 Å². The molecule has 190 valence electrons. The highest BCUT2D eigenvalue weighted by Crippen LogP contribution is 2.37. The van der Waals surface area contributed by atoms with Gasteiger partial charge in [-0.2, -0.15) is 5.10 Å². The van der Waals surface area contributed by atoms with E-state index in [1.54, 1.807) is 12.1 Å². The maximum atomic E-state index is 12.3. The second-order valence-electron chi connectivity index (χ2n) is 8.24. The van der Waals surface area contributed by atoms with Crippen molar-refractivity contribution in [1.82, 2.24) is 5.43 Å². The van der Waals surface area contributed by atoms with E-state index in [4.69, 9.17) is 25.8 Å². The summed E-state index contributed by atoms with van der Waals surface area (Å²) in [5.74, 6) is 1.52. The standard InChI is InChI=1S/C30H29ClN2O4/c1-3-35-25-14-12-21(13-15-25)18-29(34)33-32-19-22-16-27(31)30(28(17-22)36-4-2)37-20-24-10-7-9-23-8-5-6-11-26(23)24/h5-17,19H,3-4,18,20H2,1-2H3,(H,33,34)/b32-19-. The third-order valence-corrected chi connectivity index (χ3v) is 5.87. The zero-order valence-corrected chi connectivity index (χ0v) is 21.6. The summed E-state index contributed by atoms with van der Waals surface area (Å²) < 4.78 is 17.3. The van der Waals surface area contributed by atoms with Crippen molar-refractivity contribution in [3.05, 3.63) is 101 Å². The van der Waals surface area contributed by atoms with Crippen LogP contribution in [-0.2, 0) is 17.8 Å².